The van der Waals surface area contributed by atoms with Gasteiger partial charge in [-0.25, -0.2) is 9.59 Å². The van der Waals surface area contributed by atoms with Crippen LogP contribution in [0.15, 0.2) is 30.3 Å². The Kier molecular flexibility index (Phi) is 5.05. The Hall–Kier alpha value is -2.77. The lowest BCUT2D eigenvalue weighted by Gasteiger charge is -2.38. The predicted octanol–water partition coefficient (Wildman–Crippen LogP) is 0.911. The van der Waals surface area contributed by atoms with Crippen LogP contribution >= 0.6 is 0 Å². The molecule has 0 bridgehead atoms. The highest BCUT2D eigenvalue weighted by atomic mass is 16.5. The Morgan fingerprint density at radius 3 is 2.35 bits per heavy atom. The van der Waals surface area contributed by atoms with Crippen LogP contribution in [0.2, 0.25) is 0 Å². The molecular weight excluding hydrogens is 302 g/mol. The van der Waals surface area contributed by atoms with E-state index in [9.17, 15) is 14.4 Å². The first-order valence-corrected chi connectivity index (χ1v) is 7.19. The largest absolute Gasteiger partial charge is 0.465 e. The Labute approximate surface area is 133 Å². The molecule has 3 amide bonds. The van der Waals surface area contributed by atoms with Gasteiger partial charge in [-0.05, 0) is 18.4 Å². The number of ether oxygens (including phenoxy) is 1. The maximum absolute atomic E-state index is 11.9. The van der Waals surface area contributed by atoms with Crippen molar-refractivity contribution in [3.8, 4) is 0 Å². The molecule has 0 aliphatic carbocycles. The first-order chi connectivity index (χ1) is 10.9. The number of nitrogens with zero attached hydrogens (tertiary/aromatic N) is 1. The number of amides is 3. The van der Waals surface area contributed by atoms with Gasteiger partial charge < -0.3 is 25.8 Å². The van der Waals surface area contributed by atoms with Gasteiger partial charge in [-0.3, -0.25) is 4.79 Å². The molecule has 0 saturated carbocycles. The normalized spacial score (nSPS) is 16.4. The standard InChI is InChI=1S/C15H19N3O5/c16-12(19)15(6-8-18(9-7-15)14(21)22)17-13(20)23-10-11-4-2-1-3-5-11/h1-5H,6-10H2,(H2,16,19)(H,17,20)(H,21,22). The first-order valence-electron chi connectivity index (χ1n) is 7.19. The van der Waals surface area contributed by atoms with E-state index in [4.69, 9.17) is 15.6 Å². The van der Waals surface area contributed by atoms with Gasteiger partial charge in [0.1, 0.15) is 12.1 Å². The van der Waals surface area contributed by atoms with Crippen molar-refractivity contribution >= 4 is 18.1 Å². The minimum atomic E-state index is -1.28. The molecule has 0 atom stereocenters. The maximum Gasteiger partial charge on any atom is 0.408 e. The summed E-state index contributed by atoms with van der Waals surface area (Å²) in [6, 6.07) is 9.11. The smallest absolute Gasteiger partial charge is 0.408 e. The predicted molar refractivity (Wildman–Crippen MR) is 80.5 cm³/mol. The number of piperidine rings is 1. The highest BCUT2D eigenvalue weighted by molar-refractivity contribution is 5.89. The summed E-state index contributed by atoms with van der Waals surface area (Å²) < 4.78 is 5.09. The zero-order valence-electron chi connectivity index (χ0n) is 12.5. The highest BCUT2D eigenvalue weighted by Gasteiger charge is 2.42. The van der Waals surface area contributed by atoms with Crippen molar-refractivity contribution in [2.45, 2.75) is 25.0 Å². The number of alkyl carbamates (subject to hydrolysis) is 1. The van der Waals surface area contributed by atoms with Crippen LogP contribution < -0.4 is 11.1 Å². The van der Waals surface area contributed by atoms with Crippen LogP contribution in [0.1, 0.15) is 18.4 Å². The maximum atomic E-state index is 11.9. The number of primary amides is 1. The summed E-state index contributed by atoms with van der Waals surface area (Å²) in [6.45, 7) is 0.317. The SMILES string of the molecule is NC(=O)C1(NC(=O)OCc2ccccc2)CCN(C(=O)O)CC1. The van der Waals surface area contributed by atoms with E-state index in [2.05, 4.69) is 5.32 Å². The second kappa shape index (κ2) is 6.99. The molecular formula is C15H19N3O5. The van der Waals surface area contributed by atoms with E-state index in [0.29, 0.717) is 0 Å². The molecule has 8 nitrogen and oxygen atoms in total. The van der Waals surface area contributed by atoms with Crippen molar-refractivity contribution in [2.75, 3.05) is 13.1 Å². The minimum absolute atomic E-state index is 0.0722. The van der Waals surface area contributed by atoms with E-state index in [1.165, 1.54) is 4.90 Å². The lowest BCUT2D eigenvalue weighted by atomic mass is 9.87. The molecule has 0 unspecified atom stereocenters. The van der Waals surface area contributed by atoms with Crippen molar-refractivity contribution in [2.24, 2.45) is 5.73 Å². The molecule has 2 rings (SSSR count). The number of nitrogens with two attached hydrogens (primary N) is 1. The van der Waals surface area contributed by atoms with E-state index >= 15 is 0 Å². The fraction of sp³-hybridized carbons (Fsp3) is 0.400. The summed E-state index contributed by atoms with van der Waals surface area (Å²) in [5.74, 6) is -0.695. The van der Waals surface area contributed by atoms with E-state index in [-0.39, 0.29) is 32.5 Å². The lowest BCUT2D eigenvalue weighted by molar-refractivity contribution is -0.126. The topological polar surface area (TPSA) is 122 Å². The van der Waals surface area contributed by atoms with Crippen molar-refractivity contribution in [1.82, 2.24) is 10.2 Å². The van der Waals surface area contributed by atoms with Gasteiger partial charge in [0.05, 0.1) is 0 Å². The van der Waals surface area contributed by atoms with Gasteiger partial charge in [-0.1, -0.05) is 30.3 Å². The molecule has 0 aromatic heterocycles. The van der Waals surface area contributed by atoms with Crippen LogP contribution in [-0.2, 0) is 16.1 Å². The number of carbonyl (C=O) groups excluding carboxylic acids is 2. The summed E-state index contributed by atoms with van der Waals surface area (Å²) in [5.41, 5.74) is 4.94. The van der Waals surface area contributed by atoms with Gasteiger partial charge >= 0.3 is 12.2 Å². The fourth-order valence-electron chi connectivity index (χ4n) is 2.47. The number of carbonyl (C=O) groups is 3. The Morgan fingerprint density at radius 2 is 1.83 bits per heavy atom. The minimum Gasteiger partial charge on any atom is -0.465 e. The van der Waals surface area contributed by atoms with Gasteiger partial charge in [0.25, 0.3) is 0 Å². The zero-order chi connectivity index (χ0) is 16.9. The zero-order valence-corrected chi connectivity index (χ0v) is 12.5. The second-order valence-corrected chi connectivity index (χ2v) is 5.40. The van der Waals surface area contributed by atoms with Crippen molar-refractivity contribution in [3.63, 3.8) is 0 Å². The molecule has 23 heavy (non-hydrogen) atoms. The van der Waals surface area contributed by atoms with Crippen molar-refractivity contribution in [1.29, 1.82) is 0 Å². The molecule has 1 aromatic carbocycles. The van der Waals surface area contributed by atoms with Gasteiger partial charge in [0.2, 0.25) is 5.91 Å². The van der Waals surface area contributed by atoms with Crippen LogP contribution in [0.4, 0.5) is 9.59 Å². The number of rotatable bonds is 4. The first kappa shape index (κ1) is 16.6. The highest BCUT2D eigenvalue weighted by Crippen LogP contribution is 2.22. The van der Waals surface area contributed by atoms with E-state index in [1.54, 1.807) is 0 Å². The molecule has 124 valence electrons. The molecule has 0 spiro atoms. The number of likely N-dealkylation sites (tertiary alicyclic amines) is 1. The molecule has 0 radical (unpaired) electrons. The van der Waals surface area contributed by atoms with Gasteiger partial charge in [0.15, 0.2) is 0 Å². The number of hydrogen-bond donors (Lipinski definition) is 3. The second-order valence-electron chi connectivity index (χ2n) is 5.40. The Morgan fingerprint density at radius 1 is 1.22 bits per heavy atom. The number of benzene rings is 1. The molecule has 1 aliphatic heterocycles. The molecule has 1 saturated heterocycles. The summed E-state index contributed by atoms with van der Waals surface area (Å²) in [6.07, 6.45) is -1.57. The molecule has 1 aromatic rings. The fourth-order valence-corrected chi connectivity index (χ4v) is 2.47. The summed E-state index contributed by atoms with van der Waals surface area (Å²) >= 11 is 0. The van der Waals surface area contributed by atoms with E-state index < -0.39 is 23.6 Å². The summed E-state index contributed by atoms with van der Waals surface area (Å²) in [7, 11) is 0. The summed E-state index contributed by atoms with van der Waals surface area (Å²) in [4.78, 5) is 35.8. The number of hydrogen-bond acceptors (Lipinski definition) is 4. The Bertz CT molecular complexity index is 582. The molecule has 4 N–H and O–H groups in total. The third-order valence-corrected chi connectivity index (χ3v) is 3.91. The van der Waals surface area contributed by atoms with Gasteiger partial charge in [-0.15, -0.1) is 0 Å². The van der Waals surface area contributed by atoms with Gasteiger partial charge in [0, 0.05) is 13.1 Å². The monoisotopic (exact) mass is 321 g/mol. The molecule has 1 aliphatic rings. The third kappa shape index (κ3) is 4.12. The molecule has 8 heteroatoms. The number of nitrogens with one attached hydrogen (secondary N) is 1. The lowest BCUT2D eigenvalue weighted by Crippen LogP contribution is -2.62. The van der Waals surface area contributed by atoms with Crippen LogP contribution in [0.5, 0.6) is 0 Å². The van der Waals surface area contributed by atoms with Crippen LogP contribution in [0, 0.1) is 0 Å². The molecule has 1 heterocycles. The average molecular weight is 321 g/mol. The van der Waals surface area contributed by atoms with Crippen LogP contribution in [-0.4, -0.2) is 46.7 Å². The van der Waals surface area contributed by atoms with Gasteiger partial charge in [-0.2, -0.15) is 0 Å². The number of carboxylic acid groups (broad SMARTS) is 1. The average Bonchev–Trinajstić information content (AvgIpc) is 2.54. The van der Waals surface area contributed by atoms with E-state index in [1.807, 2.05) is 30.3 Å². The quantitative estimate of drug-likeness (QED) is 0.761. The molecule has 1 fully saturated rings. The van der Waals surface area contributed by atoms with Crippen LogP contribution in [0.3, 0.4) is 0 Å². The van der Waals surface area contributed by atoms with Crippen molar-refractivity contribution < 1.29 is 24.2 Å². The van der Waals surface area contributed by atoms with E-state index in [0.717, 1.165) is 5.56 Å². The summed E-state index contributed by atoms with van der Waals surface area (Å²) in [5, 5.41) is 11.4. The van der Waals surface area contributed by atoms with Crippen LogP contribution in [0.25, 0.3) is 0 Å². The third-order valence-electron chi connectivity index (χ3n) is 3.91. The van der Waals surface area contributed by atoms with Crippen molar-refractivity contribution in [3.05, 3.63) is 35.9 Å². The Balaban J connectivity index is 1.93.